The van der Waals surface area contributed by atoms with Crippen molar-refractivity contribution in [3.05, 3.63) is 23.4 Å². The van der Waals surface area contributed by atoms with E-state index in [4.69, 9.17) is 29.4 Å². The molecule has 0 aromatic rings. The second-order valence-corrected chi connectivity index (χ2v) is 7.98. The summed E-state index contributed by atoms with van der Waals surface area (Å²) in [7, 11) is 1.68. The molecule has 0 bridgehead atoms. The van der Waals surface area contributed by atoms with Crippen molar-refractivity contribution in [1.82, 2.24) is 0 Å². The first-order valence-corrected chi connectivity index (χ1v) is 11.6. The van der Waals surface area contributed by atoms with E-state index in [0.717, 1.165) is 37.0 Å². The number of allylic oxidation sites excluding steroid dienone is 1. The van der Waals surface area contributed by atoms with Crippen molar-refractivity contribution >= 4 is 11.7 Å². The van der Waals surface area contributed by atoms with Crippen LogP contribution in [0.1, 0.15) is 53.4 Å². The first-order chi connectivity index (χ1) is 15.4. The maximum absolute atomic E-state index is 12.6. The maximum Gasteiger partial charge on any atom is 0.339 e. The number of carbonyl (C=O) groups is 1. The van der Waals surface area contributed by atoms with E-state index in [2.05, 4.69) is 4.99 Å². The van der Waals surface area contributed by atoms with E-state index < -0.39 is 5.97 Å². The van der Waals surface area contributed by atoms with E-state index in [1.807, 2.05) is 33.8 Å². The highest BCUT2D eigenvalue weighted by Crippen LogP contribution is 2.23. The molecule has 0 aromatic heterocycles. The van der Waals surface area contributed by atoms with E-state index in [1.54, 1.807) is 7.11 Å². The first-order valence-electron chi connectivity index (χ1n) is 11.6. The fraction of sp³-hybridized carbons (Fsp3) is 0.750. The molecular weight excluding hydrogens is 412 g/mol. The van der Waals surface area contributed by atoms with Crippen LogP contribution in [0.4, 0.5) is 0 Å². The van der Waals surface area contributed by atoms with Crippen molar-refractivity contribution < 1.29 is 28.5 Å². The van der Waals surface area contributed by atoms with Gasteiger partial charge in [0.2, 0.25) is 0 Å². The molecule has 1 aliphatic rings. The average Bonchev–Trinajstić information content (AvgIpc) is 2.78. The molecule has 2 N–H and O–H groups in total. The molecule has 0 radical (unpaired) electrons. The van der Waals surface area contributed by atoms with E-state index in [-0.39, 0.29) is 24.9 Å². The number of hydrogen-bond acceptors (Lipinski definition) is 8. The number of nitrogens with zero attached hydrogens (tertiary/aromatic N) is 1. The highest BCUT2D eigenvalue weighted by Gasteiger charge is 2.20. The molecular formula is C24H42N2O6. The van der Waals surface area contributed by atoms with Gasteiger partial charge in [-0.15, -0.1) is 0 Å². The van der Waals surface area contributed by atoms with Gasteiger partial charge in [-0.05, 0) is 65.0 Å². The minimum atomic E-state index is -0.440. The number of carbonyl (C=O) groups excluding carboxylic acids is 1. The highest BCUT2D eigenvalue weighted by atomic mass is 16.6. The molecule has 0 heterocycles. The predicted octanol–water partition coefficient (Wildman–Crippen LogP) is 3.20. The molecule has 8 heteroatoms. The van der Waals surface area contributed by atoms with Crippen LogP contribution < -0.4 is 5.73 Å². The Bertz CT molecular complexity index is 632. The quantitative estimate of drug-likeness (QED) is 0.217. The van der Waals surface area contributed by atoms with Crippen molar-refractivity contribution in [3.63, 3.8) is 0 Å². The number of ether oxygens (including phenoxy) is 5. The molecule has 0 aliphatic heterocycles. The lowest BCUT2D eigenvalue weighted by Crippen LogP contribution is -2.27. The monoisotopic (exact) mass is 454 g/mol. The number of esters is 1. The lowest BCUT2D eigenvalue weighted by atomic mass is 9.92. The molecule has 3 atom stereocenters. The smallest absolute Gasteiger partial charge is 0.339 e. The van der Waals surface area contributed by atoms with Crippen LogP contribution >= 0.6 is 0 Å². The Labute approximate surface area is 193 Å². The molecule has 0 fully saturated rings. The second kappa shape index (κ2) is 16.8. The molecule has 184 valence electrons. The van der Waals surface area contributed by atoms with Crippen LogP contribution in [0.15, 0.2) is 28.4 Å². The summed E-state index contributed by atoms with van der Waals surface area (Å²) < 4.78 is 27.4. The van der Waals surface area contributed by atoms with Gasteiger partial charge in [0.25, 0.3) is 0 Å². The van der Waals surface area contributed by atoms with Gasteiger partial charge in [-0.25, -0.2) is 4.79 Å². The molecule has 32 heavy (non-hydrogen) atoms. The van der Waals surface area contributed by atoms with Crippen molar-refractivity contribution in [2.45, 2.75) is 71.7 Å². The van der Waals surface area contributed by atoms with Gasteiger partial charge in [-0.1, -0.05) is 0 Å². The summed E-state index contributed by atoms with van der Waals surface area (Å²) in [6.45, 7) is 10.9. The number of aliphatic imine (C=N–C) groups is 1. The zero-order chi connectivity index (χ0) is 23.8. The first kappa shape index (κ1) is 28.3. The molecule has 0 saturated heterocycles. The predicted molar refractivity (Wildman–Crippen MR) is 126 cm³/mol. The fourth-order valence-corrected chi connectivity index (χ4v) is 3.18. The second-order valence-electron chi connectivity index (χ2n) is 7.98. The summed E-state index contributed by atoms with van der Waals surface area (Å²) in [6, 6.07) is 0. The van der Waals surface area contributed by atoms with Crippen molar-refractivity contribution in [2.24, 2.45) is 10.7 Å². The van der Waals surface area contributed by atoms with Gasteiger partial charge in [0.05, 0.1) is 37.1 Å². The molecule has 3 unspecified atom stereocenters. The van der Waals surface area contributed by atoms with Crippen molar-refractivity contribution in [3.8, 4) is 0 Å². The van der Waals surface area contributed by atoms with Crippen molar-refractivity contribution in [1.29, 1.82) is 0 Å². The average molecular weight is 455 g/mol. The molecule has 1 rings (SSSR count). The van der Waals surface area contributed by atoms with E-state index >= 15 is 0 Å². The van der Waals surface area contributed by atoms with E-state index in [0.29, 0.717) is 38.5 Å². The maximum atomic E-state index is 12.6. The SMILES string of the molecule is CCOC(C)COC(C)COC(C)COC(=O)C(=CN)C1=CC(=NCCCOC)CCC1. The van der Waals surface area contributed by atoms with Gasteiger partial charge in [-0.3, -0.25) is 4.99 Å². The van der Waals surface area contributed by atoms with Gasteiger partial charge < -0.3 is 29.4 Å². The van der Waals surface area contributed by atoms with Crippen LogP contribution in [0.2, 0.25) is 0 Å². The third kappa shape index (κ3) is 11.8. The molecule has 0 saturated carbocycles. The van der Waals surface area contributed by atoms with Gasteiger partial charge in [0.1, 0.15) is 6.61 Å². The van der Waals surface area contributed by atoms with E-state index in [9.17, 15) is 4.79 Å². The zero-order valence-electron chi connectivity index (χ0n) is 20.4. The molecule has 8 nitrogen and oxygen atoms in total. The Morgan fingerprint density at radius 1 is 1.09 bits per heavy atom. The fourth-order valence-electron chi connectivity index (χ4n) is 3.18. The number of rotatable bonds is 16. The Hall–Kier alpha value is -1.74. The van der Waals surface area contributed by atoms with Crippen LogP contribution in [0.3, 0.4) is 0 Å². The summed E-state index contributed by atoms with van der Waals surface area (Å²) in [5.41, 5.74) is 8.00. The standard InChI is InChI=1S/C24H42N2O6/c1-6-29-18(2)15-30-19(3)16-31-20(4)17-32-24(27)23(14-25)21-9-7-10-22(13-21)26-11-8-12-28-5/h13-14,18-20H,6-12,15-17,25H2,1-5H3. The Morgan fingerprint density at radius 3 is 2.38 bits per heavy atom. The molecule has 1 aliphatic carbocycles. The third-order valence-electron chi connectivity index (χ3n) is 4.91. The molecule has 0 amide bonds. The van der Waals surface area contributed by atoms with Crippen LogP contribution in [-0.2, 0) is 28.5 Å². The van der Waals surface area contributed by atoms with Gasteiger partial charge >= 0.3 is 5.97 Å². The zero-order valence-corrected chi connectivity index (χ0v) is 20.4. The number of methoxy groups -OCH3 is 1. The topological polar surface area (TPSA) is 102 Å². The van der Waals surface area contributed by atoms with Crippen LogP contribution in [0, 0.1) is 0 Å². The summed E-state index contributed by atoms with van der Waals surface area (Å²) in [4.78, 5) is 17.2. The molecule has 0 spiro atoms. The number of hydrogen-bond donors (Lipinski definition) is 1. The minimum absolute atomic E-state index is 0.0484. The van der Waals surface area contributed by atoms with Crippen LogP contribution in [0.5, 0.6) is 0 Å². The normalized spacial score (nSPS) is 18.8. The highest BCUT2D eigenvalue weighted by molar-refractivity contribution is 6.01. The largest absolute Gasteiger partial charge is 0.459 e. The Balaban J connectivity index is 2.44. The summed E-state index contributed by atoms with van der Waals surface area (Å²) in [5, 5.41) is 0. The Morgan fingerprint density at radius 2 is 1.75 bits per heavy atom. The molecule has 0 aromatic carbocycles. The summed E-state index contributed by atoms with van der Waals surface area (Å²) in [6.07, 6.45) is 6.47. The van der Waals surface area contributed by atoms with Crippen LogP contribution in [-0.4, -0.2) is 76.7 Å². The summed E-state index contributed by atoms with van der Waals surface area (Å²) >= 11 is 0. The van der Waals surface area contributed by atoms with Gasteiger partial charge in [0, 0.05) is 38.8 Å². The van der Waals surface area contributed by atoms with Crippen LogP contribution in [0.25, 0.3) is 0 Å². The van der Waals surface area contributed by atoms with Crippen molar-refractivity contribution in [2.75, 3.05) is 46.7 Å². The number of nitrogens with two attached hydrogens (primary N) is 1. The minimum Gasteiger partial charge on any atom is -0.459 e. The third-order valence-corrected chi connectivity index (χ3v) is 4.91. The lowest BCUT2D eigenvalue weighted by molar-refractivity contribution is -0.143. The van der Waals surface area contributed by atoms with Gasteiger partial charge in [-0.2, -0.15) is 0 Å². The summed E-state index contributed by atoms with van der Waals surface area (Å²) in [5.74, 6) is -0.440. The lowest BCUT2D eigenvalue weighted by Gasteiger charge is -2.20. The Kier molecular flexibility index (Phi) is 14.9. The van der Waals surface area contributed by atoms with E-state index in [1.165, 1.54) is 6.20 Å². The van der Waals surface area contributed by atoms with Gasteiger partial charge in [0.15, 0.2) is 0 Å².